The van der Waals surface area contributed by atoms with Gasteiger partial charge in [0.2, 0.25) is 0 Å². The summed E-state index contributed by atoms with van der Waals surface area (Å²) in [6, 6.07) is 18.8. The number of rotatable bonds is 10. The smallest absolute Gasteiger partial charge is 0.314 e. The molecule has 0 saturated heterocycles. The van der Waals surface area contributed by atoms with Crippen LogP contribution in [0.4, 0.5) is 0 Å². The van der Waals surface area contributed by atoms with Crippen LogP contribution in [0.2, 0.25) is 51.9 Å². The average Bonchev–Trinajstić information content (AvgIpc) is 2.63. The second-order valence-corrected chi connectivity index (χ2v) is 22.6. The number of hydrogen-bond donors (Lipinski definition) is 0. The fourth-order valence-corrected chi connectivity index (χ4v) is 16.0. The van der Waals surface area contributed by atoms with Crippen molar-refractivity contribution in [3.05, 3.63) is 54.1 Å². The van der Waals surface area contributed by atoms with E-state index in [4.69, 9.17) is 18.2 Å². The van der Waals surface area contributed by atoms with Gasteiger partial charge in [-0.3, -0.25) is 0 Å². The van der Waals surface area contributed by atoms with E-state index in [1.54, 1.807) is 0 Å². The molecule has 0 radical (unpaired) electrons. The van der Waals surface area contributed by atoms with Crippen LogP contribution >= 0.6 is 0 Å². The Bertz CT molecular complexity index is 832. The molecule has 0 heterocycles. The fourth-order valence-electron chi connectivity index (χ4n) is 3.48. The summed E-state index contributed by atoms with van der Waals surface area (Å²) < 4.78 is 19.1. The summed E-state index contributed by atoms with van der Waals surface area (Å²) in [4.78, 5) is 0. The van der Waals surface area contributed by atoms with E-state index in [-0.39, 0.29) is 0 Å². The molecule has 0 aliphatic rings. The molecule has 2 aromatic carbocycles. The molecule has 0 amide bonds. The van der Waals surface area contributed by atoms with Crippen molar-refractivity contribution in [1.29, 1.82) is 5.26 Å². The molecule has 0 bridgehead atoms. The summed E-state index contributed by atoms with van der Waals surface area (Å²) >= 11 is 0. The maximum atomic E-state index is 8.92. The molecule has 0 N–H and O–H groups in total. The van der Waals surface area contributed by atoms with Gasteiger partial charge in [-0.2, -0.15) is 5.26 Å². The highest BCUT2D eigenvalue weighted by Crippen LogP contribution is 2.26. The van der Waals surface area contributed by atoms with Gasteiger partial charge in [-0.15, -0.1) is 0 Å². The predicted molar refractivity (Wildman–Crippen MR) is 132 cm³/mol. The lowest BCUT2D eigenvalue weighted by molar-refractivity contribution is 0.306. The SMILES string of the molecule is C[Si](C)(C)O[Si](C)(CCCOc1ccc(-c2ccc(C#N)cc2)cc1)O[Si](C)(C)C. The lowest BCUT2D eigenvalue weighted by atomic mass is 10.0. The van der Waals surface area contributed by atoms with Crippen molar-refractivity contribution < 1.29 is 13.0 Å². The molecule has 2 rings (SSSR count). The quantitative estimate of drug-likeness (QED) is 0.292. The Morgan fingerprint density at radius 1 is 0.733 bits per heavy atom. The van der Waals surface area contributed by atoms with E-state index in [9.17, 15) is 0 Å². The number of nitrogens with zero attached hydrogens (tertiary/aromatic N) is 1. The van der Waals surface area contributed by atoms with Crippen LogP contribution in [0.15, 0.2) is 48.5 Å². The Hall–Kier alpha value is -1.70. The van der Waals surface area contributed by atoms with Gasteiger partial charge >= 0.3 is 8.56 Å². The average molecular weight is 458 g/mol. The van der Waals surface area contributed by atoms with Gasteiger partial charge in [0.05, 0.1) is 18.2 Å². The molecule has 30 heavy (non-hydrogen) atoms. The topological polar surface area (TPSA) is 51.5 Å². The van der Waals surface area contributed by atoms with Gasteiger partial charge in [0.15, 0.2) is 16.6 Å². The molecule has 0 aliphatic carbocycles. The molecule has 0 aliphatic heterocycles. The van der Waals surface area contributed by atoms with E-state index in [1.165, 1.54) is 0 Å². The second-order valence-electron chi connectivity index (χ2n) is 9.73. The van der Waals surface area contributed by atoms with Crippen LogP contribution in [-0.2, 0) is 8.23 Å². The van der Waals surface area contributed by atoms with Crippen molar-refractivity contribution in [2.45, 2.75) is 58.3 Å². The Balaban J connectivity index is 1.91. The van der Waals surface area contributed by atoms with Crippen LogP contribution in [0, 0.1) is 11.3 Å². The van der Waals surface area contributed by atoms with Crippen molar-refractivity contribution in [1.82, 2.24) is 0 Å². The van der Waals surface area contributed by atoms with Gasteiger partial charge in [-0.1, -0.05) is 24.3 Å². The van der Waals surface area contributed by atoms with Gasteiger partial charge in [0, 0.05) is 0 Å². The summed E-state index contributed by atoms with van der Waals surface area (Å²) in [7, 11) is -5.52. The van der Waals surface area contributed by atoms with E-state index in [0.29, 0.717) is 12.2 Å². The first kappa shape index (κ1) is 24.6. The zero-order chi connectivity index (χ0) is 22.4. The third-order valence-electron chi connectivity index (χ3n) is 4.29. The van der Waals surface area contributed by atoms with E-state index in [1.807, 2.05) is 36.4 Å². The summed E-state index contributed by atoms with van der Waals surface area (Å²) in [5.41, 5.74) is 2.87. The maximum absolute atomic E-state index is 8.92. The number of hydrogen-bond acceptors (Lipinski definition) is 4. The number of ether oxygens (including phenoxy) is 1. The Kier molecular flexibility index (Phi) is 8.25. The Morgan fingerprint density at radius 3 is 1.63 bits per heavy atom. The van der Waals surface area contributed by atoms with Crippen LogP contribution in [0.1, 0.15) is 12.0 Å². The zero-order valence-electron chi connectivity index (χ0n) is 19.4. The van der Waals surface area contributed by atoms with Crippen LogP contribution in [0.3, 0.4) is 0 Å². The van der Waals surface area contributed by atoms with Gasteiger partial charge < -0.3 is 13.0 Å². The lowest BCUT2D eigenvalue weighted by Gasteiger charge is -2.38. The van der Waals surface area contributed by atoms with Gasteiger partial charge in [0.25, 0.3) is 0 Å². The Morgan fingerprint density at radius 2 is 1.20 bits per heavy atom. The molecule has 7 heteroatoms. The summed E-state index contributed by atoms with van der Waals surface area (Å²) in [5, 5.41) is 8.92. The van der Waals surface area contributed by atoms with Crippen LogP contribution < -0.4 is 4.74 Å². The highest BCUT2D eigenvalue weighted by molar-refractivity contribution is 6.87. The molecule has 0 atom stereocenters. The molecule has 0 spiro atoms. The van der Waals surface area contributed by atoms with Gasteiger partial charge in [-0.05, 0) is 93.7 Å². The standard InChI is InChI=1S/C23H35NO3Si3/c1-28(2,3)26-30(7,27-29(4,5)6)18-8-17-25-23-15-13-22(14-16-23)21-11-9-20(19-24)10-12-21/h9-16H,8,17-18H2,1-7H3. The minimum atomic E-state index is -2.20. The normalized spacial score (nSPS) is 12.5. The molecule has 4 nitrogen and oxygen atoms in total. The lowest BCUT2D eigenvalue weighted by Crippen LogP contribution is -2.52. The number of benzene rings is 2. The van der Waals surface area contributed by atoms with Crippen molar-refractivity contribution in [3.8, 4) is 22.9 Å². The van der Waals surface area contributed by atoms with E-state index >= 15 is 0 Å². The maximum Gasteiger partial charge on any atom is 0.314 e. The van der Waals surface area contributed by atoms with Crippen LogP contribution in [0.25, 0.3) is 11.1 Å². The van der Waals surface area contributed by atoms with E-state index in [2.05, 4.69) is 64.0 Å². The minimum absolute atomic E-state index is 0.656. The minimum Gasteiger partial charge on any atom is -0.494 e. The second kappa shape index (κ2) is 10.1. The summed E-state index contributed by atoms with van der Waals surface area (Å²) in [5.74, 6) is 0.869. The molecule has 2 aromatic rings. The summed E-state index contributed by atoms with van der Waals surface area (Å²) in [6.07, 6.45) is 0.926. The molecular formula is C23H35NO3Si3. The van der Waals surface area contributed by atoms with E-state index < -0.39 is 25.2 Å². The van der Waals surface area contributed by atoms with Crippen LogP contribution in [0.5, 0.6) is 5.75 Å². The molecule has 0 saturated carbocycles. The third kappa shape index (κ3) is 8.58. The first-order chi connectivity index (χ1) is 13.9. The monoisotopic (exact) mass is 457 g/mol. The van der Waals surface area contributed by atoms with Crippen molar-refractivity contribution in [2.75, 3.05) is 6.61 Å². The molecule has 0 fully saturated rings. The molecular weight excluding hydrogens is 423 g/mol. The molecule has 162 valence electrons. The Labute approximate surface area is 185 Å². The van der Waals surface area contributed by atoms with Crippen molar-refractivity contribution in [2.24, 2.45) is 0 Å². The first-order valence-electron chi connectivity index (χ1n) is 10.5. The first-order valence-corrected chi connectivity index (χ1v) is 19.9. The third-order valence-corrected chi connectivity index (χ3v) is 13.9. The summed E-state index contributed by atoms with van der Waals surface area (Å²) in [6.45, 7) is 16.3. The van der Waals surface area contributed by atoms with Gasteiger partial charge in [0.1, 0.15) is 5.75 Å². The number of nitriles is 1. The zero-order valence-corrected chi connectivity index (χ0v) is 22.4. The van der Waals surface area contributed by atoms with Gasteiger partial charge in [-0.25, -0.2) is 0 Å². The van der Waals surface area contributed by atoms with Crippen molar-refractivity contribution >= 4 is 25.2 Å². The largest absolute Gasteiger partial charge is 0.494 e. The van der Waals surface area contributed by atoms with Crippen LogP contribution in [-0.4, -0.2) is 31.8 Å². The van der Waals surface area contributed by atoms with Crippen molar-refractivity contribution in [3.63, 3.8) is 0 Å². The highest BCUT2D eigenvalue weighted by Gasteiger charge is 2.39. The molecule has 0 aromatic heterocycles. The van der Waals surface area contributed by atoms with E-state index in [0.717, 1.165) is 29.3 Å². The highest BCUT2D eigenvalue weighted by atomic mass is 28.5. The molecule has 0 unspecified atom stereocenters. The fraction of sp³-hybridized carbons (Fsp3) is 0.435. The predicted octanol–water partition coefficient (Wildman–Crippen LogP) is 6.77.